The quantitative estimate of drug-likeness (QED) is 0.374. The molecule has 1 unspecified atom stereocenters. The normalized spacial score (nSPS) is 18.8. The summed E-state index contributed by atoms with van der Waals surface area (Å²) in [5, 5.41) is 10.2. The Morgan fingerprint density at radius 2 is 2.31 bits per heavy atom. The van der Waals surface area contributed by atoms with Crippen LogP contribution >= 0.6 is 0 Å². The van der Waals surface area contributed by atoms with Crippen LogP contribution in [0.2, 0.25) is 0 Å². The summed E-state index contributed by atoms with van der Waals surface area (Å²) in [6, 6.07) is 0. The van der Waals surface area contributed by atoms with Crippen LogP contribution in [0.4, 0.5) is 0 Å². The summed E-state index contributed by atoms with van der Waals surface area (Å²) in [7, 11) is 0. The van der Waals surface area contributed by atoms with Crippen LogP contribution in [0, 0.1) is 16.0 Å². The first-order valence-electron chi connectivity index (χ1n) is 4.38. The maximum atomic E-state index is 10.6. The Balaban J connectivity index is 2.42. The Morgan fingerprint density at radius 1 is 1.69 bits per heavy atom. The van der Waals surface area contributed by atoms with Crippen molar-refractivity contribution in [1.29, 1.82) is 0 Å². The zero-order valence-electron chi connectivity index (χ0n) is 7.56. The summed E-state index contributed by atoms with van der Waals surface area (Å²) in [6.45, 7) is 1.02. The van der Waals surface area contributed by atoms with Crippen LogP contribution < -0.4 is 0 Å². The molecule has 0 aliphatic heterocycles. The maximum absolute atomic E-state index is 10.6. The third kappa shape index (κ3) is 3.01. The zero-order valence-corrected chi connectivity index (χ0v) is 7.56. The molecule has 1 aliphatic carbocycles. The second kappa shape index (κ2) is 4.20. The number of ether oxygens (including phenoxy) is 1. The molecule has 0 saturated heterocycles. The van der Waals surface area contributed by atoms with Gasteiger partial charge in [-0.15, -0.1) is 0 Å². The molecule has 0 aromatic rings. The van der Waals surface area contributed by atoms with Crippen molar-refractivity contribution in [3.63, 3.8) is 0 Å². The third-order valence-corrected chi connectivity index (χ3v) is 2.32. The summed E-state index contributed by atoms with van der Waals surface area (Å²) in [5.74, 6) is -0.229. The number of hydrogen-bond acceptors (Lipinski definition) is 4. The highest BCUT2D eigenvalue weighted by Crippen LogP contribution is 2.31. The van der Waals surface area contributed by atoms with Gasteiger partial charge < -0.3 is 4.74 Å². The maximum Gasteiger partial charge on any atom is 0.303 e. The second-order valence-corrected chi connectivity index (χ2v) is 3.35. The molecule has 0 spiro atoms. The minimum Gasteiger partial charge on any atom is -0.455 e. The van der Waals surface area contributed by atoms with E-state index in [1.54, 1.807) is 0 Å². The Morgan fingerprint density at radius 3 is 2.62 bits per heavy atom. The van der Waals surface area contributed by atoms with Gasteiger partial charge in [0.05, 0.1) is 0 Å². The predicted octanol–water partition coefficient (Wildman–Crippen LogP) is 0.995. The van der Waals surface area contributed by atoms with Crippen LogP contribution in [0.1, 0.15) is 26.2 Å². The van der Waals surface area contributed by atoms with Gasteiger partial charge in [0, 0.05) is 17.8 Å². The van der Waals surface area contributed by atoms with Crippen molar-refractivity contribution < 1.29 is 14.5 Å². The highest BCUT2D eigenvalue weighted by atomic mass is 16.6. The number of carbonyl (C=O) groups excluding carboxylic acids is 1. The van der Waals surface area contributed by atoms with Gasteiger partial charge in [-0.3, -0.25) is 14.9 Å². The first-order valence-corrected chi connectivity index (χ1v) is 4.38. The smallest absolute Gasteiger partial charge is 0.303 e. The van der Waals surface area contributed by atoms with Crippen molar-refractivity contribution in [2.45, 2.75) is 32.3 Å². The molecule has 1 fully saturated rings. The van der Waals surface area contributed by atoms with Crippen LogP contribution in [0.15, 0.2) is 0 Å². The molecule has 1 rings (SSSR count). The van der Waals surface area contributed by atoms with Gasteiger partial charge >= 0.3 is 5.97 Å². The van der Waals surface area contributed by atoms with E-state index in [4.69, 9.17) is 4.74 Å². The predicted molar refractivity (Wildman–Crippen MR) is 44.8 cm³/mol. The Hall–Kier alpha value is -1.13. The summed E-state index contributed by atoms with van der Waals surface area (Å²) < 4.78 is 4.88. The van der Waals surface area contributed by atoms with Gasteiger partial charge in [-0.2, -0.15) is 0 Å². The molecule has 1 aliphatic rings. The lowest BCUT2D eigenvalue weighted by Gasteiger charge is -2.30. The molecule has 1 saturated carbocycles. The number of hydrogen-bond donors (Lipinski definition) is 0. The summed E-state index contributed by atoms with van der Waals surface area (Å²) in [4.78, 5) is 20.5. The molecule has 0 heterocycles. The van der Waals surface area contributed by atoms with Crippen LogP contribution in [0.5, 0.6) is 0 Å². The minimum atomic E-state index is -0.513. The number of esters is 1. The topological polar surface area (TPSA) is 69.4 Å². The third-order valence-electron chi connectivity index (χ3n) is 2.32. The molecular formula is C8H13NO4. The number of nitrogens with zero attached hydrogens (tertiary/aromatic N) is 1. The van der Waals surface area contributed by atoms with E-state index in [9.17, 15) is 14.9 Å². The van der Waals surface area contributed by atoms with Crippen molar-refractivity contribution in [2.24, 2.45) is 5.92 Å². The fraction of sp³-hybridized carbons (Fsp3) is 0.875. The fourth-order valence-electron chi connectivity index (χ4n) is 1.45. The van der Waals surface area contributed by atoms with Crippen molar-refractivity contribution in [1.82, 2.24) is 0 Å². The van der Waals surface area contributed by atoms with Gasteiger partial charge in [-0.25, -0.2) is 0 Å². The molecule has 0 aromatic carbocycles. The van der Waals surface area contributed by atoms with Crippen LogP contribution in [0.3, 0.4) is 0 Å². The fourth-order valence-corrected chi connectivity index (χ4v) is 1.45. The molecule has 0 bridgehead atoms. The molecule has 0 amide bonds. The van der Waals surface area contributed by atoms with E-state index in [1.165, 1.54) is 6.92 Å². The molecular weight excluding hydrogens is 174 g/mol. The molecule has 5 nitrogen and oxygen atoms in total. The Labute approximate surface area is 76.2 Å². The van der Waals surface area contributed by atoms with E-state index < -0.39 is 17.0 Å². The molecule has 5 heteroatoms. The lowest BCUT2D eigenvalue weighted by atomic mass is 9.81. The molecule has 0 N–H and O–H groups in total. The molecule has 0 radical (unpaired) electrons. The van der Waals surface area contributed by atoms with Gasteiger partial charge in [0.1, 0.15) is 0 Å². The van der Waals surface area contributed by atoms with Crippen LogP contribution in [0.25, 0.3) is 0 Å². The van der Waals surface area contributed by atoms with Crippen LogP contribution in [-0.2, 0) is 9.53 Å². The Bertz CT molecular complexity index is 196. The van der Waals surface area contributed by atoms with Crippen molar-refractivity contribution in [3.05, 3.63) is 10.1 Å². The monoisotopic (exact) mass is 187 g/mol. The molecule has 74 valence electrons. The summed E-state index contributed by atoms with van der Waals surface area (Å²) in [6.07, 6.45) is 2.44. The Kier molecular flexibility index (Phi) is 3.22. The molecule has 0 aromatic heterocycles. The van der Waals surface area contributed by atoms with Gasteiger partial charge in [0.25, 0.3) is 0 Å². The van der Waals surface area contributed by atoms with Crippen LogP contribution in [-0.4, -0.2) is 23.5 Å². The minimum absolute atomic E-state index is 0.203. The van der Waals surface area contributed by atoms with Gasteiger partial charge in [-0.05, 0) is 12.8 Å². The number of nitro groups is 1. The zero-order chi connectivity index (χ0) is 9.84. The van der Waals surface area contributed by atoms with E-state index >= 15 is 0 Å². The highest BCUT2D eigenvalue weighted by Gasteiger charge is 2.33. The lowest BCUT2D eigenvalue weighted by molar-refractivity contribution is -0.492. The standard InChI is InChI=1S/C8H13NO4/c1-6(10)13-8(5-9(11)12)7-3-2-4-7/h7-8H,2-5H2,1H3. The number of rotatable bonds is 4. The van der Waals surface area contributed by atoms with E-state index in [0.29, 0.717) is 0 Å². The lowest BCUT2D eigenvalue weighted by Crippen LogP contribution is -2.36. The van der Waals surface area contributed by atoms with Crippen molar-refractivity contribution in [2.75, 3.05) is 6.54 Å². The van der Waals surface area contributed by atoms with E-state index in [1.807, 2.05) is 0 Å². The summed E-state index contributed by atoms with van der Waals surface area (Å²) in [5.41, 5.74) is 0. The SMILES string of the molecule is CC(=O)OC(C[N+](=O)[O-])C1CCC1. The van der Waals surface area contributed by atoms with Crippen molar-refractivity contribution in [3.8, 4) is 0 Å². The van der Waals surface area contributed by atoms with E-state index in [-0.39, 0.29) is 12.5 Å². The first kappa shape index (κ1) is 9.95. The van der Waals surface area contributed by atoms with Crippen molar-refractivity contribution >= 4 is 5.97 Å². The molecule has 13 heavy (non-hydrogen) atoms. The first-order chi connectivity index (χ1) is 6.09. The largest absolute Gasteiger partial charge is 0.455 e. The average molecular weight is 187 g/mol. The van der Waals surface area contributed by atoms with E-state index in [2.05, 4.69) is 0 Å². The van der Waals surface area contributed by atoms with E-state index in [0.717, 1.165) is 19.3 Å². The van der Waals surface area contributed by atoms with Gasteiger partial charge in [-0.1, -0.05) is 6.42 Å². The van der Waals surface area contributed by atoms with Gasteiger partial charge in [0.2, 0.25) is 6.54 Å². The highest BCUT2D eigenvalue weighted by molar-refractivity contribution is 5.66. The second-order valence-electron chi connectivity index (χ2n) is 3.35. The number of carbonyl (C=O) groups is 1. The molecule has 1 atom stereocenters. The van der Waals surface area contributed by atoms with Gasteiger partial charge in [0.15, 0.2) is 6.10 Å². The summed E-state index contributed by atoms with van der Waals surface area (Å²) >= 11 is 0. The average Bonchev–Trinajstić information content (AvgIpc) is 1.78.